The van der Waals surface area contributed by atoms with E-state index >= 15 is 0 Å². The molecule has 1 saturated heterocycles. The minimum Gasteiger partial charge on any atom is -0.348 e. The Bertz CT molecular complexity index is 255. The zero-order valence-electron chi connectivity index (χ0n) is 6.98. The average Bonchev–Trinajstić information content (AvgIpc) is 2.05. The summed E-state index contributed by atoms with van der Waals surface area (Å²) in [5.41, 5.74) is 0. The lowest BCUT2D eigenvalue weighted by atomic mass is 10.4. The van der Waals surface area contributed by atoms with Gasteiger partial charge >= 0.3 is 0 Å². The summed E-state index contributed by atoms with van der Waals surface area (Å²) in [6.45, 7) is 3.58. The molecule has 0 saturated carbocycles. The van der Waals surface area contributed by atoms with E-state index in [1.54, 1.807) is 13.8 Å². The predicted molar refractivity (Wildman–Crippen MR) is 41.3 cm³/mol. The van der Waals surface area contributed by atoms with Crippen molar-refractivity contribution in [1.82, 2.24) is 0 Å². The average molecular weight is 196 g/mol. The van der Waals surface area contributed by atoms with Crippen molar-refractivity contribution < 1.29 is 22.4 Å². The van der Waals surface area contributed by atoms with Gasteiger partial charge in [-0.3, -0.25) is 4.55 Å². The van der Waals surface area contributed by atoms with Gasteiger partial charge < -0.3 is 9.47 Å². The highest BCUT2D eigenvalue weighted by Gasteiger charge is 2.34. The Morgan fingerprint density at radius 3 is 2.50 bits per heavy atom. The van der Waals surface area contributed by atoms with Crippen LogP contribution in [0.15, 0.2) is 0 Å². The van der Waals surface area contributed by atoms with Gasteiger partial charge in [-0.2, -0.15) is 8.42 Å². The largest absolute Gasteiger partial charge is 0.348 e. The molecule has 0 radical (unpaired) electrons. The first-order valence-electron chi connectivity index (χ1n) is 3.55. The fourth-order valence-corrected chi connectivity index (χ4v) is 1.71. The summed E-state index contributed by atoms with van der Waals surface area (Å²) in [6, 6.07) is 0. The summed E-state index contributed by atoms with van der Waals surface area (Å²) in [5.74, 6) is -1.15. The molecule has 1 rings (SSSR count). The highest BCUT2D eigenvalue weighted by Crippen LogP contribution is 2.22. The zero-order valence-corrected chi connectivity index (χ0v) is 7.80. The van der Waals surface area contributed by atoms with Crippen LogP contribution in [-0.2, 0) is 19.6 Å². The van der Waals surface area contributed by atoms with E-state index in [-0.39, 0.29) is 6.61 Å². The monoisotopic (exact) mass is 196 g/mol. The fraction of sp³-hybridized carbons (Fsp3) is 1.00. The molecule has 1 aliphatic rings. The molecular weight excluding hydrogens is 184 g/mol. The number of rotatable bonds is 2. The van der Waals surface area contributed by atoms with Crippen LogP contribution < -0.4 is 0 Å². The first-order valence-corrected chi connectivity index (χ1v) is 5.16. The van der Waals surface area contributed by atoms with Gasteiger partial charge in [-0.25, -0.2) is 0 Å². The van der Waals surface area contributed by atoms with Crippen molar-refractivity contribution in [2.75, 3.05) is 12.4 Å². The summed E-state index contributed by atoms with van der Waals surface area (Å²) in [4.78, 5) is 0. The Kier molecular flexibility index (Phi) is 2.44. The third-order valence-corrected chi connectivity index (χ3v) is 2.26. The maximum absolute atomic E-state index is 10.4. The summed E-state index contributed by atoms with van der Waals surface area (Å²) in [5, 5.41) is 0. The Labute approximate surface area is 71.4 Å². The van der Waals surface area contributed by atoms with E-state index < -0.39 is 27.8 Å². The molecule has 12 heavy (non-hydrogen) atoms. The van der Waals surface area contributed by atoms with Crippen molar-refractivity contribution in [3.05, 3.63) is 0 Å². The van der Waals surface area contributed by atoms with Crippen LogP contribution in [0, 0.1) is 0 Å². The molecule has 72 valence electrons. The van der Waals surface area contributed by atoms with E-state index in [4.69, 9.17) is 14.0 Å². The summed E-state index contributed by atoms with van der Waals surface area (Å²) in [7, 11) is -3.96. The van der Waals surface area contributed by atoms with Crippen molar-refractivity contribution in [3.8, 4) is 0 Å². The summed E-state index contributed by atoms with van der Waals surface area (Å²) in [6.07, 6.45) is -0.560. The topological polar surface area (TPSA) is 72.8 Å². The van der Waals surface area contributed by atoms with Gasteiger partial charge in [0, 0.05) is 0 Å². The van der Waals surface area contributed by atoms with Gasteiger partial charge in [-0.15, -0.1) is 0 Å². The molecule has 0 bridgehead atoms. The Balaban J connectivity index is 2.49. The van der Waals surface area contributed by atoms with E-state index in [1.807, 2.05) is 0 Å². The fourth-order valence-electron chi connectivity index (χ4n) is 1.08. The lowest BCUT2D eigenvalue weighted by Crippen LogP contribution is -2.26. The smallest absolute Gasteiger partial charge is 0.267 e. The first-order chi connectivity index (χ1) is 5.29. The third kappa shape index (κ3) is 3.06. The normalized spacial score (nSPS) is 29.1. The van der Waals surface area contributed by atoms with Crippen LogP contribution in [0.2, 0.25) is 0 Å². The molecule has 1 fully saturated rings. The molecule has 0 aromatic carbocycles. The molecule has 1 atom stereocenters. The van der Waals surface area contributed by atoms with E-state index in [9.17, 15) is 8.42 Å². The quantitative estimate of drug-likeness (QED) is 0.630. The van der Waals surface area contributed by atoms with E-state index in [2.05, 4.69) is 0 Å². The predicted octanol–water partition coefficient (Wildman–Crippen LogP) is 0.0257. The Hall–Kier alpha value is -0.170. The lowest BCUT2D eigenvalue weighted by molar-refractivity contribution is -0.135. The molecule has 1 heterocycles. The van der Waals surface area contributed by atoms with E-state index in [0.717, 1.165) is 0 Å². The molecule has 0 aromatic rings. The molecular formula is C6H12O5S. The summed E-state index contributed by atoms with van der Waals surface area (Å²) < 4.78 is 39.6. The van der Waals surface area contributed by atoms with Gasteiger partial charge in [0.2, 0.25) is 0 Å². The van der Waals surface area contributed by atoms with Gasteiger partial charge in [0.05, 0.1) is 6.61 Å². The molecule has 5 nitrogen and oxygen atoms in total. The van der Waals surface area contributed by atoms with Gasteiger partial charge in [0.15, 0.2) is 5.79 Å². The van der Waals surface area contributed by atoms with Crippen LogP contribution in [0.1, 0.15) is 13.8 Å². The maximum atomic E-state index is 10.4. The number of hydrogen-bond acceptors (Lipinski definition) is 4. The summed E-state index contributed by atoms with van der Waals surface area (Å²) >= 11 is 0. The van der Waals surface area contributed by atoms with Gasteiger partial charge in [0.25, 0.3) is 10.1 Å². The second-order valence-corrected chi connectivity index (χ2v) is 4.70. The van der Waals surface area contributed by atoms with Crippen molar-refractivity contribution in [2.45, 2.75) is 25.7 Å². The maximum Gasteiger partial charge on any atom is 0.267 e. The second kappa shape index (κ2) is 2.95. The molecule has 0 spiro atoms. The first kappa shape index (κ1) is 9.91. The zero-order chi connectivity index (χ0) is 9.41. The molecule has 1 unspecified atom stereocenters. The third-order valence-electron chi connectivity index (χ3n) is 1.46. The standard InChI is InChI=1S/C6H12O5S/c1-6(2)10-3-5(11-6)4-12(7,8)9/h5H,3-4H2,1-2H3,(H,7,8,9). The molecule has 0 aliphatic carbocycles. The molecule has 1 N–H and O–H groups in total. The Morgan fingerprint density at radius 2 is 2.17 bits per heavy atom. The molecule has 6 heteroatoms. The minimum absolute atomic E-state index is 0.201. The van der Waals surface area contributed by atoms with Crippen LogP contribution in [0.4, 0.5) is 0 Å². The van der Waals surface area contributed by atoms with E-state index in [1.165, 1.54) is 0 Å². The second-order valence-electron chi connectivity index (χ2n) is 3.20. The van der Waals surface area contributed by atoms with Crippen LogP contribution in [-0.4, -0.2) is 37.2 Å². The van der Waals surface area contributed by atoms with Crippen molar-refractivity contribution in [2.24, 2.45) is 0 Å². The number of hydrogen-bond donors (Lipinski definition) is 1. The van der Waals surface area contributed by atoms with Crippen LogP contribution >= 0.6 is 0 Å². The van der Waals surface area contributed by atoms with Crippen molar-refractivity contribution >= 4 is 10.1 Å². The molecule has 0 amide bonds. The lowest BCUT2D eigenvalue weighted by Gasteiger charge is -2.16. The van der Waals surface area contributed by atoms with Crippen LogP contribution in [0.5, 0.6) is 0 Å². The van der Waals surface area contributed by atoms with E-state index in [0.29, 0.717) is 0 Å². The molecule has 0 aromatic heterocycles. The minimum atomic E-state index is -3.96. The van der Waals surface area contributed by atoms with Crippen LogP contribution in [0.3, 0.4) is 0 Å². The van der Waals surface area contributed by atoms with Crippen LogP contribution in [0.25, 0.3) is 0 Å². The van der Waals surface area contributed by atoms with Gasteiger partial charge in [-0.1, -0.05) is 0 Å². The molecule has 1 aliphatic heterocycles. The highest BCUT2D eigenvalue weighted by molar-refractivity contribution is 7.85. The van der Waals surface area contributed by atoms with Gasteiger partial charge in [-0.05, 0) is 13.8 Å². The highest BCUT2D eigenvalue weighted by atomic mass is 32.2. The number of ether oxygens (including phenoxy) is 2. The van der Waals surface area contributed by atoms with Gasteiger partial charge in [0.1, 0.15) is 11.9 Å². The van der Waals surface area contributed by atoms with Crippen molar-refractivity contribution in [3.63, 3.8) is 0 Å². The Morgan fingerprint density at radius 1 is 1.58 bits per heavy atom. The van der Waals surface area contributed by atoms with Crippen molar-refractivity contribution in [1.29, 1.82) is 0 Å². The SMILES string of the molecule is CC1(C)OCC(CS(=O)(=O)O)O1.